The van der Waals surface area contributed by atoms with E-state index in [-0.39, 0.29) is 46.9 Å². The zero-order valence-corrected chi connectivity index (χ0v) is 26.3. The third-order valence-corrected chi connectivity index (χ3v) is 9.33. The maximum absolute atomic E-state index is 16.0. The molecule has 5 N–H and O–H groups in total. The largest absolute Gasteiger partial charge is 0.468 e. The summed E-state index contributed by atoms with van der Waals surface area (Å²) in [5.41, 5.74) is 6.24. The number of hydrogen-bond acceptors (Lipinski definition) is 12. The van der Waals surface area contributed by atoms with Gasteiger partial charge in [-0.05, 0) is 36.3 Å². The van der Waals surface area contributed by atoms with Crippen LogP contribution in [0.15, 0.2) is 6.33 Å². The predicted octanol–water partition coefficient (Wildman–Crippen LogP) is 2.14. The number of imidazole rings is 1. The number of rotatable bonds is 14. The van der Waals surface area contributed by atoms with Crippen LogP contribution >= 0.6 is 19.3 Å². The molecule has 4 rings (SSSR count). The van der Waals surface area contributed by atoms with Crippen LogP contribution in [0.5, 0.6) is 0 Å². The summed E-state index contributed by atoms with van der Waals surface area (Å²) in [5.74, 6) is -4.76. The summed E-state index contributed by atoms with van der Waals surface area (Å²) in [6.07, 6.45) is -0.875. The van der Waals surface area contributed by atoms with Crippen LogP contribution in [0.1, 0.15) is 46.6 Å². The normalized spacial score (nSPS) is 27.6. The molecule has 1 saturated carbocycles. The van der Waals surface area contributed by atoms with Crippen molar-refractivity contribution in [3.8, 4) is 0 Å². The van der Waals surface area contributed by atoms with Gasteiger partial charge in [0.05, 0.1) is 39.2 Å². The minimum atomic E-state index is -4.27. The Kier molecular flexibility index (Phi) is 10.0. The maximum atomic E-state index is 16.0. The first-order valence-corrected chi connectivity index (χ1v) is 15.8. The van der Waals surface area contributed by atoms with Crippen LogP contribution in [-0.4, -0.2) is 87.5 Å². The zero-order chi connectivity index (χ0) is 31.9. The first-order valence-electron chi connectivity index (χ1n) is 13.8. The van der Waals surface area contributed by atoms with E-state index in [1.807, 2.05) is 27.7 Å². The molecule has 0 bridgehead atoms. The fourth-order valence-electron chi connectivity index (χ4n) is 5.38. The summed E-state index contributed by atoms with van der Waals surface area (Å²) in [4.78, 5) is 37.1. The Hall–Kier alpha value is -2.46. The molecule has 7 unspecified atom stereocenters. The van der Waals surface area contributed by atoms with Crippen LogP contribution in [0.2, 0.25) is 5.28 Å². The maximum Gasteiger partial charge on any atom is 0.342 e. The number of carbonyl (C=O) groups is 2. The number of aliphatic hydroxyl groups is 1. The number of methoxy groups -OCH3 is 2. The summed E-state index contributed by atoms with van der Waals surface area (Å²) in [6.45, 7) is 6.88. The highest BCUT2D eigenvalue weighted by Crippen LogP contribution is 2.66. The number of ether oxygens (including phenoxy) is 3. The number of anilines is 1. The van der Waals surface area contributed by atoms with Crippen molar-refractivity contribution in [2.75, 3.05) is 26.6 Å². The van der Waals surface area contributed by atoms with Crippen LogP contribution in [0, 0.1) is 17.8 Å². The van der Waals surface area contributed by atoms with Gasteiger partial charge in [-0.3, -0.25) is 14.2 Å². The lowest BCUT2D eigenvalue weighted by Crippen LogP contribution is -2.46. The highest BCUT2D eigenvalue weighted by atomic mass is 35.5. The molecule has 0 amide bonds. The first-order chi connectivity index (χ1) is 20.1. The standard InChI is InChI=1S/C25H38ClFN7O8P/c1-11(2)7-13(22(36)39-5)32-43(38,33-14(8-12(3)4)23(37)40-6)41-9-15-18(35)16-19(25(16,27)42-15)34-10-29-17-20(28)30-24(26)31-21(17)34/h10-16,18-19,35H,7-9H2,1-6H3,(H2,28,30,31)(H2,32,33,38). The van der Waals surface area contributed by atoms with E-state index in [1.54, 1.807) is 0 Å². The summed E-state index contributed by atoms with van der Waals surface area (Å²) < 4.78 is 52.6. The van der Waals surface area contributed by atoms with Gasteiger partial charge < -0.3 is 34.1 Å². The van der Waals surface area contributed by atoms with Crippen molar-refractivity contribution in [3.63, 3.8) is 0 Å². The van der Waals surface area contributed by atoms with Crippen LogP contribution in [0.25, 0.3) is 11.2 Å². The fourth-order valence-corrected chi connectivity index (χ4v) is 7.38. The molecule has 2 aromatic heterocycles. The van der Waals surface area contributed by atoms with Gasteiger partial charge in [-0.25, -0.2) is 19.5 Å². The number of nitrogens with zero attached hydrogens (tertiary/aromatic N) is 4. The number of fused-ring (bicyclic) bond motifs is 2. The number of aliphatic hydroxyl groups excluding tert-OH is 1. The van der Waals surface area contributed by atoms with Gasteiger partial charge in [0.1, 0.15) is 29.7 Å². The molecular formula is C25H38ClFN7O8P. The number of halogens is 2. The molecule has 15 nitrogen and oxygen atoms in total. The van der Waals surface area contributed by atoms with E-state index in [0.29, 0.717) is 0 Å². The zero-order valence-electron chi connectivity index (χ0n) is 24.7. The van der Waals surface area contributed by atoms with Crippen molar-refractivity contribution < 1.29 is 42.4 Å². The van der Waals surface area contributed by atoms with Crippen molar-refractivity contribution >= 4 is 48.2 Å². The molecule has 7 atom stereocenters. The molecule has 240 valence electrons. The lowest BCUT2D eigenvalue weighted by atomic mass is 10.1. The number of nitrogens with one attached hydrogen (secondary N) is 2. The first kappa shape index (κ1) is 33.4. The third-order valence-electron chi connectivity index (χ3n) is 7.35. The van der Waals surface area contributed by atoms with Gasteiger partial charge in [0.15, 0.2) is 11.5 Å². The Balaban J connectivity index is 1.53. The van der Waals surface area contributed by atoms with Crippen LogP contribution in [0.4, 0.5) is 10.2 Å². The van der Waals surface area contributed by atoms with Crippen LogP contribution in [-0.2, 0) is 32.9 Å². The molecule has 43 heavy (non-hydrogen) atoms. The number of aromatic nitrogens is 4. The Morgan fingerprint density at radius 1 is 1.16 bits per heavy atom. The third kappa shape index (κ3) is 6.95. The molecular weight excluding hydrogens is 612 g/mol. The van der Waals surface area contributed by atoms with Crippen molar-refractivity contribution in [1.29, 1.82) is 0 Å². The van der Waals surface area contributed by atoms with Crippen molar-refractivity contribution in [2.45, 2.75) is 76.7 Å². The van der Waals surface area contributed by atoms with Crippen molar-refractivity contribution in [1.82, 2.24) is 29.7 Å². The van der Waals surface area contributed by atoms with Gasteiger partial charge in [0.2, 0.25) is 11.1 Å². The average Bonchev–Trinajstić information content (AvgIpc) is 3.17. The number of nitrogens with two attached hydrogens (primary N) is 1. The van der Waals surface area contributed by atoms with Gasteiger partial charge in [0, 0.05) is 0 Å². The smallest absolute Gasteiger partial charge is 0.342 e. The second kappa shape index (κ2) is 12.9. The van der Waals surface area contributed by atoms with Crippen molar-refractivity contribution in [2.24, 2.45) is 17.8 Å². The molecule has 1 aliphatic carbocycles. The van der Waals surface area contributed by atoms with E-state index >= 15 is 4.39 Å². The second-order valence-corrected chi connectivity index (χ2v) is 13.7. The topological polar surface area (TPSA) is 202 Å². The van der Waals surface area contributed by atoms with E-state index in [4.69, 9.17) is 36.1 Å². The monoisotopic (exact) mass is 649 g/mol. The number of nitrogen functional groups attached to an aromatic ring is 1. The molecule has 0 radical (unpaired) electrons. The summed E-state index contributed by atoms with van der Waals surface area (Å²) in [7, 11) is -1.89. The summed E-state index contributed by atoms with van der Waals surface area (Å²) >= 11 is 5.92. The van der Waals surface area contributed by atoms with Crippen LogP contribution in [0.3, 0.4) is 0 Å². The molecule has 3 heterocycles. The minimum absolute atomic E-state index is 0.0118. The number of hydrogen-bond donors (Lipinski definition) is 4. The van der Waals surface area contributed by atoms with Gasteiger partial charge >= 0.3 is 19.6 Å². The molecule has 2 aliphatic rings. The van der Waals surface area contributed by atoms with Gasteiger partial charge in [0.25, 0.3) is 0 Å². The van der Waals surface area contributed by atoms with Gasteiger partial charge in [-0.2, -0.15) is 9.97 Å². The number of alkyl halides is 1. The van der Waals surface area contributed by atoms with Crippen molar-refractivity contribution in [3.05, 3.63) is 11.6 Å². The van der Waals surface area contributed by atoms with E-state index in [0.717, 1.165) is 0 Å². The van der Waals surface area contributed by atoms with E-state index in [9.17, 15) is 19.3 Å². The van der Waals surface area contributed by atoms with Crippen LogP contribution < -0.4 is 15.9 Å². The molecule has 18 heteroatoms. The highest BCUT2D eigenvalue weighted by molar-refractivity contribution is 7.54. The average molecular weight is 650 g/mol. The quantitative estimate of drug-likeness (QED) is 0.132. The van der Waals surface area contributed by atoms with E-state index in [2.05, 4.69) is 25.1 Å². The lowest BCUT2D eigenvalue weighted by molar-refractivity contribution is -0.143. The molecule has 0 spiro atoms. The molecule has 2 fully saturated rings. The minimum Gasteiger partial charge on any atom is -0.468 e. The predicted molar refractivity (Wildman–Crippen MR) is 152 cm³/mol. The lowest BCUT2D eigenvalue weighted by Gasteiger charge is -2.30. The van der Waals surface area contributed by atoms with E-state index < -0.39 is 68.3 Å². The van der Waals surface area contributed by atoms with Gasteiger partial charge in [-0.1, -0.05) is 27.7 Å². The van der Waals surface area contributed by atoms with Gasteiger partial charge in [-0.15, -0.1) is 0 Å². The Morgan fingerprint density at radius 2 is 1.72 bits per heavy atom. The number of esters is 2. The highest BCUT2D eigenvalue weighted by Gasteiger charge is 2.78. The summed E-state index contributed by atoms with van der Waals surface area (Å²) in [6, 6.07) is -3.14. The molecule has 1 aliphatic heterocycles. The molecule has 2 aromatic rings. The Bertz CT molecular complexity index is 1360. The summed E-state index contributed by atoms with van der Waals surface area (Å²) in [5, 5.41) is 16.2. The van der Waals surface area contributed by atoms with E-state index in [1.165, 1.54) is 25.1 Å². The molecule has 0 aromatic carbocycles. The fraction of sp³-hybridized carbons (Fsp3) is 0.720. The Labute approximate surface area is 252 Å². The second-order valence-electron chi connectivity index (χ2n) is 11.5. The number of carbonyl (C=O) groups excluding carboxylic acids is 2. The molecule has 1 saturated heterocycles. The SMILES string of the molecule is COC(=O)C(CC(C)C)NP(=O)(NC(CC(C)C)C(=O)OC)OCC1OC2(F)C(C1O)C2n1cnc2c(N)nc(Cl)nc21. The Morgan fingerprint density at radius 3 is 2.19 bits per heavy atom.